The zero-order valence-electron chi connectivity index (χ0n) is 18.5. The van der Waals surface area contributed by atoms with E-state index in [1.807, 2.05) is 32.2 Å². The van der Waals surface area contributed by atoms with Gasteiger partial charge in [-0.3, -0.25) is 4.68 Å². The smallest absolute Gasteiger partial charge is 0.191 e. The molecule has 0 aliphatic rings. The zero-order valence-corrected chi connectivity index (χ0v) is 18.5. The lowest BCUT2D eigenvalue weighted by atomic mass is 9.86. The van der Waals surface area contributed by atoms with Crippen LogP contribution in [0, 0.1) is 0 Å². The Morgan fingerprint density at radius 2 is 1.93 bits per heavy atom. The molecule has 2 rings (SSSR count). The molecule has 3 N–H and O–H groups in total. The van der Waals surface area contributed by atoms with Crippen molar-refractivity contribution in [2.75, 3.05) is 26.2 Å². The summed E-state index contributed by atoms with van der Waals surface area (Å²) in [5.41, 5.74) is 0.867. The molecule has 0 aliphatic carbocycles. The molecular formula is C22H35N5O2. The number of ether oxygens (including phenoxy) is 1. The summed E-state index contributed by atoms with van der Waals surface area (Å²) in [5, 5.41) is 21.3. The maximum absolute atomic E-state index is 10.7. The van der Waals surface area contributed by atoms with Crippen molar-refractivity contribution in [1.82, 2.24) is 20.4 Å². The maximum atomic E-state index is 10.7. The van der Waals surface area contributed by atoms with Gasteiger partial charge in [-0.25, -0.2) is 4.99 Å². The standard InChI is InChI=1S/C22H35N5O2/c1-7-23-20(25-16-22(5,28)17-14-26-27(6)15-17)24-12-13-29-19-11-9-8-10-18(19)21(2,3)4/h8-11,14-15,28H,7,12-13,16H2,1-6H3,(H2,23,24,25). The summed E-state index contributed by atoms with van der Waals surface area (Å²) in [6.45, 7) is 12.3. The molecule has 0 bridgehead atoms. The molecule has 0 fully saturated rings. The summed E-state index contributed by atoms with van der Waals surface area (Å²) in [4.78, 5) is 4.52. The van der Waals surface area contributed by atoms with E-state index in [-0.39, 0.29) is 12.0 Å². The minimum absolute atomic E-state index is 0.0261. The van der Waals surface area contributed by atoms with Crippen molar-refractivity contribution in [2.24, 2.45) is 12.0 Å². The van der Waals surface area contributed by atoms with Crippen LogP contribution in [0.3, 0.4) is 0 Å². The number of aliphatic hydroxyl groups is 1. The number of nitrogens with one attached hydrogen (secondary N) is 2. The summed E-state index contributed by atoms with van der Waals surface area (Å²) in [5.74, 6) is 1.55. The molecule has 0 amide bonds. The van der Waals surface area contributed by atoms with Gasteiger partial charge < -0.3 is 20.5 Å². The minimum Gasteiger partial charge on any atom is -0.491 e. The van der Waals surface area contributed by atoms with E-state index in [2.05, 4.69) is 47.6 Å². The van der Waals surface area contributed by atoms with Crippen molar-refractivity contribution >= 4 is 5.96 Å². The zero-order chi connectivity index (χ0) is 21.5. The average Bonchev–Trinajstić information content (AvgIpc) is 3.10. The van der Waals surface area contributed by atoms with Gasteiger partial charge in [-0.2, -0.15) is 5.10 Å². The number of hydrogen-bond donors (Lipinski definition) is 3. The van der Waals surface area contributed by atoms with Gasteiger partial charge in [0.25, 0.3) is 0 Å². The van der Waals surface area contributed by atoms with Crippen LogP contribution >= 0.6 is 0 Å². The number of para-hydroxylation sites is 1. The fraction of sp³-hybridized carbons (Fsp3) is 0.545. The number of rotatable bonds is 8. The molecule has 7 nitrogen and oxygen atoms in total. The number of aliphatic imine (C=N–C) groups is 1. The third kappa shape index (κ3) is 6.78. The van der Waals surface area contributed by atoms with E-state index in [0.29, 0.717) is 19.1 Å². The second kappa shape index (κ2) is 9.78. The lowest BCUT2D eigenvalue weighted by Crippen LogP contribution is -2.40. The predicted octanol–water partition coefficient (Wildman–Crippen LogP) is 2.56. The lowest BCUT2D eigenvalue weighted by molar-refractivity contribution is 0.0672. The Labute approximate surface area is 174 Å². The normalized spacial score (nSPS) is 14.4. The number of aryl methyl sites for hydroxylation is 1. The monoisotopic (exact) mass is 401 g/mol. The first-order valence-electron chi connectivity index (χ1n) is 10.1. The number of benzene rings is 1. The Balaban J connectivity index is 1.92. The van der Waals surface area contributed by atoms with Gasteiger partial charge in [0.05, 0.1) is 19.3 Å². The molecule has 1 aromatic carbocycles. The second-order valence-electron chi connectivity index (χ2n) is 8.39. The van der Waals surface area contributed by atoms with Gasteiger partial charge in [0.2, 0.25) is 0 Å². The van der Waals surface area contributed by atoms with Crippen LogP contribution in [0.1, 0.15) is 45.7 Å². The summed E-state index contributed by atoms with van der Waals surface area (Å²) in [6, 6.07) is 8.14. The number of aromatic nitrogens is 2. The van der Waals surface area contributed by atoms with E-state index in [1.54, 1.807) is 24.0 Å². The highest BCUT2D eigenvalue weighted by Gasteiger charge is 2.24. The van der Waals surface area contributed by atoms with Crippen LogP contribution in [0.25, 0.3) is 0 Å². The van der Waals surface area contributed by atoms with E-state index in [0.717, 1.165) is 17.9 Å². The lowest BCUT2D eigenvalue weighted by Gasteiger charge is -2.23. The first kappa shape index (κ1) is 22.7. The van der Waals surface area contributed by atoms with Crippen molar-refractivity contribution < 1.29 is 9.84 Å². The number of nitrogens with zero attached hydrogens (tertiary/aromatic N) is 3. The number of hydrogen-bond acceptors (Lipinski definition) is 4. The van der Waals surface area contributed by atoms with Gasteiger partial charge in [0.1, 0.15) is 18.0 Å². The van der Waals surface area contributed by atoms with Gasteiger partial charge in [0.15, 0.2) is 5.96 Å². The van der Waals surface area contributed by atoms with E-state index in [9.17, 15) is 5.11 Å². The van der Waals surface area contributed by atoms with Crippen LogP contribution < -0.4 is 15.4 Å². The Morgan fingerprint density at radius 3 is 2.55 bits per heavy atom. The molecule has 0 aliphatic heterocycles. The predicted molar refractivity (Wildman–Crippen MR) is 117 cm³/mol. The fourth-order valence-corrected chi connectivity index (χ4v) is 2.91. The van der Waals surface area contributed by atoms with Gasteiger partial charge in [-0.05, 0) is 30.9 Å². The summed E-state index contributed by atoms with van der Waals surface area (Å²) in [6.07, 6.45) is 3.47. The Bertz CT molecular complexity index is 806. The maximum Gasteiger partial charge on any atom is 0.191 e. The van der Waals surface area contributed by atoms with Gasteiger partial charge in [0, 0.05) is 25.4 Å². The minimum atomic E-state index is -1.08. The molecule has 7 heteroatoms. The highest BCUT2D eigenvalue weighted by Crippen LogP contribution is 2.30. The van der Waals surface area contributed by atoms with Crippen molar-refractivity contribution in [3.8, 4) is 5.75 Å². The molecule has 0 saturated carbocycles. The Kier molecular flexibility index (Phi) is 7.67. The van der Waals surface area contributed by atoms with Crippen LogP contribution in [0.4, 0.5) is 0 Å². The molecule has 0 saturated heterocycles. The van der Waals surface area contributed by atoms with Crippen molar-refractivity contribution in [1.29, 1.82) is 0 Å². The van der Waals surface area contributed by atoms with Gasteiger partial charge >= 0.3 is 0 Å². The Hall–Kier alpha value is -2.54. The van der Waals surface area contributed by atoms with Crippen molar-refractivity contribution in [3.63, 3.8) is 0 Å². The molecule has 160 valence electrons. The molecule has 0 radical (unpaired) electrons. The molecule has 29 heavy (non-hydrogen) atoms. The molecule has 1 heterocycles. The highest BCUT2D eigenvalue weighted by atomic mass is 16.5. The average molecular weight is 402 g/mol. The number of guanidine groups is 1. The van der Waals surface area contributed by atoms with Gasteiger partial charge in [-0.15, -0.1) is 0 Å². The third-order valence-electron chi connectivity index (χ3n) is 4.56. The summed E-state index contributed by atoms with van der Waals surface area (Å²) >= 11 is 0. The van der Waals surface area contributed by atoms with Crippen LogP contribution in [0.5, 0.6) is 5.75 Å². The van der Waals surface area contributed by atoms with Crippen LogP contribution in [-0.2, 0) is 18.1 Å². The topological polar surface area (TPSA) is 83.7 Å². The van der Waals surface area contributed by atoms with Crippen molar-refractivity contribution in [2.45, 2.75) is 45.6 Å². The quantitative estimate of drug-likeness (QED) is 0.360. The van der Waals surface area contributed by atoms with E-state index >= 15 is 0 Å². The molecule has 1 aromatic heterocycles. The first-order chi connectivity index (χ1) is 13.6. The molecule has 1 unspecified atom stereocenters. The van der Waals surface area contributed by atoms with Crippen molar-refractivity contribution in [3.05, 3.63) is 47.8 Å². The molecular weight excluding hydrogens is 366 g/mol. The molecule has 1 atom stereocenters. The van der Waals surface area contributed by atoms with E-state index < -0.39 is 5.60 Å². The second-order valence-corrected chi connectivity index (χ2v) is 8.39. The summed E-state index contributed by atoms with van der Waals surface area (Å²) in [7, 11) is 1.83. The fourth-order valence-electron chi connectivity index (χ4n) is 2.91. The SMILES string of the molecule is CCNC(=NCC(C)(O)c1cnn(C)c1)NCCOc1ccccc1C(C)(C)C. The van der Waals surface area contributed by atoms with Crippen LogP contribution in [-0.4, -0.2) is 47.1 Å². The van der Waals surface area contributed by atoms with E-state index in [1.165, 1.54) is 5.56 Å². The van der Waals surface area contributed by atoms with Crippen LogP contribution in [0.2, 0.25) is 0 Å². The van der Waals surface area contributed by atoms with Crippen LogP contribution in [0.15, 0.2) is 41.7 Å². The first-order valence-corrected chi connectivity index (χ1v) is 10.1. The summed E-state index contributed by atoms with van der Waals surface area (Å²) < 4.78 is 7.67. The molecule has 2 aromatic rings. The largest absolute Gasteiger partial charge is 0.491 e. The molecule has 0 spiro atoms. The highest BCUT2D eigenvalue weighted by molar-refractivity contribution is 5.79. The Morgan fingerprint density at radius 1 is 1.21 bits per heavy atom. The van der Waals surface area contributed by atoms with E-state index in [4.69, 9.17) is 4.74 Å². The van der Waals surface area contributed by atoms with Gasteiger partial charge in [-0.1, -0.05) is 39.0 Å². The third-order valence-corrected chi connectivity index (χ3v) is 4.56.